The highest BCUT2D eigenvalue weighted by Crippen LogP contribution is 2.19. The van der Waals surface area contributed by atoms with Crippen molar-refractivity contribution >= 4 is 11.6 Å². The Balaban J connectivity index is 1.90. The molecule has 2 N–H and O–H groups in total. The van der Waals surface area contributed by atoms with E-state index in [1.54, 1.807) is 0 Å². The van der Waals surface area contributed by atoms with Gasteiger partial charge in [-0.2, -0.15) is 0 Å². The summed E-state index contributed by atoms with van der Waals surface area (Å²) in [5.41, 5.74) is 1.16. The molecule has 1 aliphatic heterocycles. The number of hydrogen-bond acceptors (Lipinski definition) is 2. The van der Waals surface area contributed by atoms with Crippen LogP contribution in [0.5, 0.6) is 0 Å². The summed E-state index contributed by atoms with van der Waals surface area (Å²) in [6, 6.07) is 7.73. The van der Waals surface area contributed by atoms with Gasteiger partial charge in [0.15, 0.2) is 0 Å². The molecule has 2 rings (SSSR count). The maximum atomic E-state index is 10.1. The average molecular weight is 240 g/mol. The van der Waals surface area contributed by atoms with E-state index in [2.05, 4.69) is 5.32 Å². The summed E-state index contributed by atoms with van der Waals surface area (Å²) in [5.74, 6) is 0.393. The van der Waals surface area contributed by atoms with Gasteiger partial charge in [0.05, 0.1) is 6.10 Å². The van der Waals surface area contributed by atoms with Crippen molar-refractivity contribution in [3.8, 4) is 0 Å². The fraction of sp³-hybridized carbons (Fsp3) is 0.538. The van der Waals surface area contributed by atoms with Crippen LogP contribution in [0.4, 0.5) is 0 Å². The van der Waals surface area contributed by atoms with Gasteiger partial charge in [0, 0.05) is 11.6 Å². The maximum absolute atomic E-state index is 10.1. The SMILES string of the molecule is O[C@H](Cc1ccc(Cl)cc1)[C@H]1CCCNC1. The second-order valence-electron chi connectivity index (χ2n) is 4.50. The summed E-state index contributed by atoms with van der Waals surface area (Å²) in [6.07, 6.45) is 2.78. The zero-order valence-electron chi connectivity index (χ0n) is 9.32. The van der Waals surface area contributed by atoms with Gasteiger partial charge in [-0.05, 0) is 49.4 Å². The number of halogens is 1. The van der Waals surface area contributed by atoms with Crippen molar-refractivity contribution in [2.75, 3.05) is 13.1 Å². The monoisotopic (exact) mass is 239 g/mol. The van der Waals surface area contributed by atoms with Crippen LogP contribution >= 0.6 is 11.6 Å². The predicted molar refractivity (Wildman–Crippen MR) is 66.8 cm³/mol. The zero-order chi connectivity index (χ0) is 11.4. The molecular weight excluding hydrogens is 222 g/mol. The second kappa shape index (κ2) is 5.67. The molecule has 1 aliphatic rings. The van der Waals surface area contributed by atoms with Gasteiger partial charge in [0.2, 0.25) is 0 Å². The third-order valence-corrected chi connectivity index (χ3v) is 3.49. The van der Waals surface area contributed by atoms with Crippen molar-refractivity contribution < 1.29 is 5.11 Å². The van der Waals surface area contributed by atoms with Gasteiger partial charge >= 0.3 is 0 Å². The van der Waals surface area contributed by atoms with Crippen molar-refractivity contribution in [1.29, 1.82) is 0 Å². The van der Waals surface area contributed by atoms with Crippen molar-refractivity contribution in [3.05, 3.63) is 34.9 Å². The van der Waals surface area contributed by atoms with E-state index < -0.39 is 0 Å². The molecule has 0 saturated carbocycles. The first-order valence-electron chi connectivity index (χ1n) is 5.89. The van der Waals surface area contributed by atoms with Gasteiger partial charge in [-0.1, -0.05) is 23.7 Å². The summed E-state index contributed by atoms with van der Waals surface area (Å²) >= 11 is 5.82. The fourth-order valence-electron chi connectivity index (χ4n) is 2.24. The van der Waals surface area contributed by atoms with Crippen LogP contribution in [0.1, 0.15) is 18.4 Å². The van der Waals surface area contributed by atoms with E-state index in [1.807, 2.05) is 24.3 Å². The molecule has 0 bridgehead atoms. The number of rotatable bonds is 3. The van der Waals surface area contributed by atoms with E-state index in [0.717, 1.165) is 36.5 Å². The molecule has 0 aliphatic carbocycles. The highest BCUT2D eigenvalue weighted by atomic mass is 35.5. The molecular formula is C13H18ClNO. The van der Waals surface area contributed by atoms with Crippen LogP contribution < -0.4 is 5.32 Å². The van der Waals surface area contributed by atoms with Crippen LogP contribution in [0.2, 0.25) is 5.02 Å². The van der Waals surface area contributed by atoms with Crippen molar-refractivity contribution in [3.63, 3.8) is 0 Å². The molecule has 1 aromatic carbocycles. The molecule has 16 heavy (non-hydrogen) atoms. The van der Waals surface area contributed by atoms with Gasteiger partial charge in [0.25, 0.3) is 0 Å². The number of nitrogens with one attached hydrogen (secondary N) is 1. The Labute approximate surface area is 102 Å². The Hall–Kier alpha value is -0.570. The van der Waals surface area contributed by atoms with Gasteiger partial charge < -0.3 is 10.4 Å². The summed E-state index contributed by atoms with van der Waals surface area (Å²) < 4.78 is 0. The summed E-state index contributed by atoms with van der Waals surface area (Å²) in [4.78, 5) is 0. The van der Waals surface area contributed by atoms with Gasteiger partial charge in [0.1, 0.15) is 0 Å². The van der Waals surface area contributed by atoms with Gasteiger partial charge in [-0.15, -0.1) is 0 Å². The van der Waals surface area contributed by atoms with E-state index in [-0.39, 0.29) is 6.10 Å². The predicted octanol–water partition coefficient (Wildman–Crippen LogP) is 2.24. The highest BCUT2D eigenvalue weighted by Gasteiger charge is 2.21. The topological polar surface area (TPSA) is 32.3 Å². The molecule has 0 amide bonds. The molecule has 1 aromatic rings. The van der Waals surface area contributed by atoms with E-state index in [9.17, 15) is 5.11 Å². The van der Waals surface area contributed by atoms with Crippen molar-refractivity contribution in [2.45, 2.75) is 25.4 Å². The maximum Gasteiger partial charge on any atom is 0.0620 e. The standard InChI is InChI=1S/C13H18ClNO/c14-12-5-3-10(4-6-12)8-13(16)11-2-1-7-15-9-11/h3-6,11,13,15-16H,1-2,7-9H2/t11-,13+/m0/s1. The van der Waals surface area contributed by atoms with Crippen LogP contribution in [0.25, 0.3) is 0 Å². The molecule has 0 radical (unpaired) electrons. The largest absolute Gasteiger partial charge is 0.392 e. The van der Waals surface area contributed by atoms with E-state index >= 15 is 0 Å². The van der Waals surface area contributed by atoms with Crippen LogP contribution in [0.3, 0.4) is 0 Å². The Bertz CT molecular complexity index is 319. The minimum absolute atomic E-state index is 0.242. The van der Waals surface area contributed by atoms with Crippen LogP contribution in [-0.4, -0.2) is 24.3 Å². The highest BCUT2D eigenvalue weighted by molar-refractivity contribution is 6.30. The molecule has 1 heterocycles. The Morgan fingerprint density at radius 3 is 2.75 bits per heavy atom. The normalized spacial score (nSPS) is 23.0. The summed E-state index contributed by atoms with van der Waals surface area (Å²) in [6.45, 7) is 2.03. The molecule has 3 heteroatoms. The first-order chi connectivity index (χ1) is 7.75. The fourth-order valence-corrected chi connectivity index (χ4v) is 2.36. The van der Waals surface area contributed by atoms with Crippen molar-refractivity contribution in [1.82, 2.24) is 5.32 Å². The summed E-state index contributed by atoms with van der Waals surface area (Å²) in [7, 11) is 0. The van der Waals surface area contributed by atoms with E-state index in [1.165, 1.54) is 6.42 Å². The van der Waals surface area contributed by atoms with Crippen LogP contribution in [0, 0.1) is 5.92 Å². The smallest absolute Gasteiger partial charge is 0.0620 e. The molecule has 88 valence electrons. The molecule has 1 fully saturated rings. The number of hydrogen-bond donors (Lipinski definition) is 2. The van der Waals surface area contributed by atoms with Gasteiger partial charge in [-0.25, -0.2) is 0 Å². The molecule has 0 aromatic heterocycles. The second-order valence-corrected chi connectivity index (χ2v) is 4.94. The lowest BCUT2D eigenvalue weighted by molar-refractivity contribution is 0.0922. The number of aliphatic hydroxyl groups is 1. The molecule has 2 nitrogen and oxygen atoms in total. The lowest BCUT2D eigenvalue weighted by Gasteiger charge is -2.27. The van der Waals surface area contributed by atoms with Gasteiger partial charge in [-0.3, -0.25) is 0 Å². The van der Waals surface area contributed by atoms with Crippen molar-refractivity contribution in [2.24, 2.45) is 5.92 Å². The number of piperidine rings is 1. The lowest BCUT2D eigenvalue weighted by atomic mass is 9.90. The lowest BCUT2D eigenvalue weighted by Crippen LogP contribution is -2.37. The minimum Gasteiger partial charge on any atom is -0.392 e. The molecule has 2 atom stereocenters. The quantitative estimate of drug-likeness (QED) is 0.848. The molecule has 0 unspecified atom stereocenters. The summed E-state index contributed by atoms with van der Waals surface area (Å²) in [5, 5.41) is 14.2. The zero-order valence-corrected chi connectivity index (χ0v) is 10.1. The number of benzene rings is 1. The third kappa shape index (κ3) is 3.21. The Morgan fingerprint density at radius 1 is 1.38 bits per heavy atom. The molecule has 1 saturated heterocycles. The minimum atomic E-state index is -0.242. The van der Waals surface area contributed by atoms with Crippen LogP contribution in [-0.2, 0) is 6.42 Å². The number of aliphatic hydroxyl groups excluding tert-OH is 1. The average Bonchev–Trinajstić information content (AvgIpc) is 2.33. The van der Waals surface area contributed by atoms with Crippen LogP contribution in [0.15, 0.2) is 24.3 Å². The van der Waals surface area contributed by atoms with E-state index in [4.69, 9.17) is 11.6 Å². The first kappa shape index (κ1) is 11.9. The van der Waals surface area contributed by atoms with E-state index in [0.29, 0.717) is 5.92 Å². The Kier molecular flexibility index (Phi) is 4.22. The molecule has 0 spiro atoms. The third-order valence-electron chi connectivity index (χ3n) is 3.24. The Morgan fingerprint density at radius 2 is 2.12 bits per heavy atom. The first-order valence-corrected chi connectivity index (χ1v) is 6.27.